The third-order valence-electron chi connectivity index (χ3n) is 7.83. The van der Waals surface area contributed by atoms with Crippen molar-refractivity contribution in [3.63, 3.8) is 0 Å². The van der Waals surface area contributed by atoms with E-state index in [1.54, 1.807) is 38.0 Å². The molecule has 36 heavy (non-hydrogen) atoms. The molecular formula is C28H56BF4P2Rh+2. The molecule has 0 spiro atoms. The van der Waals surface area contributed by atoms with Crippen LogP contribution in [0, 0.1) is 14.9 Å². The van der Waals surface area contributed by atoms with Crippen LogP contribution in [0.5, 0.6) is 0 Å². The van der Waals surface area contributed by atoms with Crippen molar-refractivity contribution in [3.8, 4) is 0 Å². The number of hydrogen-bond donors (Lipinski definition) is 0. The van der Waals surface area contributed by atoms with E-state index in [2.05, 4.69) is 52.0 Å². The summed E-state index contributed by atoms with van der Waals surface area (Å²) >= 11 is 0. The Labute approximate surface area is 238 Å². The minimum Gasteiger partial charge on any atom is -0.418 e. The van der Waals surface area contributed by atoms with Gasteiger partial charge in [0.1, 0.15) is 0 Å². The molecule has 0 amide bonds. The summed E-state index contributed by atoms with van der Waals surface area (Å²) in [6.45, 7) is 9.84. The Morgan fingerprint density at radius 1 is 0.556 bits per heavy atom. The molecule has 0 aromatic carbocycles. The zero-order valence-corrected chi connectivity index (χ0v) is 27.6. The smallest absolute Gasteiger partial charge is 0.418 e. The van der Waals surface area contributed by atoms with Gasteiger partial charge in [-0.15, -0.1) is 0 Å². The van der Waals surface area contributed by atoms with Gasteiger partial charge in [-0.05, 0) is 77.0 Å². The predicted molar refractivity (Wildman–Crippen MR) is 161 cm³/mol. The molecule has 2 heterocycles. The molecule has 2 fully saturated rings. The normalized spacial score (nSPS) is 30.0. The molecule has 0 radical (unpaired) electrons. The number of rotatable bonds is 7. The summed E-state index contributed by atoms with van der Waals surface area (Å²) in [5.41, 5.74) is 4.70. The topological polar surface area (TPSA) is 0 Å². The quantitative estimate of drug-likeness (QED) is 0.0851. The monoisotopic (exact) mass is 644 g/mol. The van der Waals surface area contributed by atoms with E-state index >= 15 is 0 Å². The van der Waals surface area contributed by atoms with Crippen molar-refractivity contribution in [1.29, 1.82) is 0 Å². The van der Waals surface area contributed by atoms with Gasteiger partial charge in [0.25, 0.3) is 0 Å². The van der Waals surface area contributed by atoms with Crippen LogP contribution < -0.4 is 0 Å². The van der Waals surface area contributed by atoms with E-state index in [9.17, 15) is 17.3 Å². The molecule has 0 nitrogen and oxygen atoms in total. The van der Waals surface area contributed by atoms with E-state index in [1.807, 2.05) is 0 Å². The van der Waals surface area contributed by atoms with Gasteiger partial charge in [-0.1, -0.05) is 52.0 Å². The summed E-state index contributed by atoms with van der Waals surface area (Å²) in [4.78, 5) is 0. The van der Waals surface area contributed by atoms with E-state index in [0.717, 1.165) is 0 Å². The molecule has 216 valence electrons. The number of allylic oxidation sites excluding steroid dienone is 4. The van der Waals surface area contributed by atoms with E-state index in [-0.39, 0.29) is 50.2 Å². The zero-order chi connectivity index (χ0) is 24.7. The maximum Gasteiger partial charge on any atom is 3.00 e. The van der Waals surface area contributed by atoms with Gasteiger partial charge in [-0.25, -0.2) is 0 Å². The van der Waals surface area contributed by atoms with Crippen LogP contribution in [0.15, 0.2) is 24.3 Å². The van der Waals surface area contributed by atoms with Crippen LogP contribution in [0.1, 0.15) is 105 Å². The van der Waals surface area contributed by atoms with E-state index in [1.165, 1.54) is 74.0 Å². The molecule has 1 aliphatic carbocycles. The first-order valence-corrected chi connectivity index (χ1v) is 17.4. The fraction of sp³-hybridized carbons (Fsp3) is 0.786. The van der Waals surface area contributed by atoms with Crippen molar-refractivity contribution >= 4 is 23.1 Å². The Bertz CT molecular complexity index is 476. The molecule has 3 aliphatic rings. The third kappa shape index (κ3) is 17.4. The second-order valence-electron chi connectivity index (χ2n) is 9.82. The molecule has 8 heteroatoms. The van der Waals surface area contributed by atoms with E-state index < -0.39 is 7.25 Å². The Morgan fingerprint density at radius 3 is 0.917 bits per heavy atom. The molecule has 2 saturated heterocycles. The Hall–Kier alpha value is 0.748. The molecule has 0 aromatic rings. The SMILES string of the molecule is C1=CCC/C=C\CC1.CCC1CCC(CC)[PH+]1CC[PH+]1C(CC)CCC1CC.F[B-](F)(F)F.[CH3-].[CH3-].[Rh+3]. The average molecular weight is 644 g/mol. The van der Waals surface area contributed by atoms with Gasteiger partial charge in [-0.3, -0.25) is 0 Å². The van der Waals surface area contributed by atoms with Crippen LogP contribution in [0.3, 0.4) is 0 Å². The molecule has 4 unspecified atom stereocenters. The van der Waals surface area contributed by atoms with Gasteiger partial charge in [0.05, 0.1) is 35.0 Å². The molecular weight excluding hydrogens is 588 g/mol. The number of hydrogen-bond acceptors (Lipinski definition) is 0. The standard InChI is InChI=1S/C18H36P2.C8H12.2CH3.BF4.Rh/c1-5-15-9-10-16(6-2)19(15)13-14-20-17(7-3)11-12-18(20)8-4;1-2-4-6-8-7-5-3-1;;;2-1(3,4)5;/h15-18H,5-14H2,1-4H3;1-2,7-8H,3-6H2;2*1H3;;/q;;3*-1;+3/p+2/b;2-1-,8-7?;;;;. The minimum absolute atomic E-state index is 0. The maximum absolute atomic E-state index is 9.75. The van der Waals surface area contributed by atoms with Crippen LogP contribution in [-0.2, 0) is 19.5 Å². The van der Waals surface area contributed by atoms with Crippen molar-refractivity contribution < 1.29 is 36.7 Å². The van der Waals surface area contributed by atoms with Crippen LogP contribution in [0.25, 0.3) is 0 Å². The third-order valence-corrected chi connectivity index (χ3v) is 17.0. The first kappa shape index (κ1) is 41.2. The van der Waals surface area contributed by atoms with Gasteiger partial charge < -0.3 is 32.1 Å². The summed E-state index contributed by atoms with van der Waals surface area (Å²) in [6.07, 6.45) is 29.7. The number of halogens is 4. The van der Waals surface area contributed by atoms with Crippen LogP contribution in [-0.4, -0.2) is 42.2 Å². The molecule has 2 aliphatic heterocycles. The fourth-order valence-corrected chi connectivity index (χ4v) is 15.6. The van der Waals surface area contributed by atoms with E-state index in [0.29, 0.717) is 0 Å². The summed E-state index contributed by atoms with van der Waals surface area (Å²) < 4.78 is 39.0. The van der Waals surface area contributed by atoms with Gasteiger partial charge >= 0.3 is 26.7 Å². The summed E-state index contributed by atoms with van der Waals surface area (Å²) in [6, 6.07) is 0. The summed E-state index contributed by atoms with van der Waals surface area (Å²) in [7, 11) is -6.03. The zero-order valence-electron chi connectivity index (χ0n) is 23.9. The maximum atomic E-state index is 9.75. The van der Waals surface area contributed by atoms with E-state index in [4.69, 9.17) is 0 Å². The second kappa shape index (κ2) is 23.6. The fourth-order valence-electron chi connectivity index (χ4n) is 6.04. The Kier molecular flexibility index (Phi) is 27.1. The first-order valence-electron chi connectivity index (χ1n) is 13.6. The predicted octanol–water partition coefficient (Wildman–Crippen LogP) is 11.0. The molecule has 0 N–H and O–H groups in total. The summed E-state index contributed by atoms with van der Waals surface area (Å²) in [5, 5.41) is 0. The van der Waals surface area contributed by atoms with Crippen molar-refractivity contribution in [2.24, 2.45) is 0 Å². The Morgan fingerprint density at radius 2 is 0.750 bits per heavy atom. The van der Waals surface area contributed by atoms with Crippen molar-refractivity contribution in [3.05, 3.63) is 39.2 Å². The van der Waals surface area contributed by atoms with Crippen molar-refractivity contribution in [2.45, 2.75) is 127 Å². The molecule has 4 atom stereocenters. The minimum atomic E-state index is -6.00. The van der Waals surface area contributed by atoms with Gasteiger partial charge in [-0.2, -0.15) is 0 Å². The van der Waals surface area contributed by atoms with Gasteiger partial charge in [0, 0.05) is 15.8 Å². The van der Waals surface area contributed by atoms with Crippen molar-refractivity contribution in [1.82, 2.24) is 0 Å². The average Bonchev–Trinajstić information content (AvgIpc) is 3.33. The summed E-state index contributed by atoms with van der Waals surface area (Å²) in [5.74, 6) is 0. The largest absolute Gasteiger partial charge is 3.00 e. The molecule has 0 bridgehead atoms. The molecule has 3 rings (SSSR count). The molecule has 0 saturated carbocycles. The van der Waals surface area contributed by atoms with Crippen LogP contribution in [0.2, 0.25) is 0 Å². The van der Waals surface area contributed by atoms with Crippen molar-refractivity contribution in [2.75, 3.05) is 12.3 Å². The van der Waals surface area contributed by atoms with Gasteiger partial charge in [0.15, 0.2) is 0 Å². The second-order valence-corrected chi connectivity index (χ2v) is 16.4. The van der Waals surface area contributed by atoms with Crippen LogP contribution in [0.4, 0.5) is 17.3 Å². The first-order chi connectivity index (χ1) is 15.7. The van der Waals surface area contributed by atoms with Gasteiger partial charge in [0.2, 0.25) is 0 Å². The van der Waals surface area contributed by atoms with Crippen LogP contribution >= 0.6 is 15.8 Å². The Balaban J connectivity index is -0.000000570. The molecule has 0 aromatic heterocycles.